The lowest BCUT2D eigenvalue weighted by Gasteiger charge is -2.22. The quantitative estimate of drug-likeness (QED) is 0.194. The Balaban J connectivity index is 1.37. The van der Waals surface area contributed by atoms with Gasteiger partial charge in [0.05, 0.1) is 0 Å². The predicted molar refractivity (Wildman–Crippen MR) is 190 cm³/mol. The molecule has 0 saturated carbocycles. The maximum atomic E-state index is 2.50. The average Bonchev–Trinajstić information content (AvgIpc) is 3.68. The van der Waals surface area contributed by atoms with E-state index in [1.165, 1.54) is 99.5 Å². The van der Waals surface area contributed by atoms with E-state index in [2.05, 4.69) is 159 Å². The van der Waals surface area contributed by atoms with Gasteiger partial charge in [-0.25, -0.2) is 0 Å². The van der Waals surface area contributed by atoms with Crippen molar-refractivity contribution < 1.29 is 0 Å². The summed E-state index contributed by atoms with van der Waals surface area (Å²) in [6, 6.07) is 54.4. The third-order valence-corrected chi connectivity index (χ3v) is 10.6. The van der Waals surface area contributed by atoms with Crippen LogP contribution in [0.1, 0.15) is 58.4 Å². The number of hydrogen-bond acceptors (Lipinski definition) is 0. The SMILES string of the molecule is CC1(C)c2ccccc2-c2ccc(C3=C4C(=C(c5ccccc5)c5ccc6ccccc6c54)c4c3ccc3ccccc43)cc21. The molecule has 210 valence electrons. The zero-order valence-corrected chi connectivity index (χ0v) is 25.4. The molecular formula is C45H30. The molecule has 0 heterocycles. The maximum absolute atomic E-state index is 2.50. The predicted octanol–water partition coefficient (Wildman–Crippen LogP) is 11.5. The van der Waals surface area contributed by atoms with Crippen molar-refractivity contribution in [1.82, 2.24) is 0 Å². The van der Waals surface area contributed by atoms with Gasteiger partial charge in [0.1, 0.15) is 0 Å². The van der Waals surface area contributed by atoms with Crippen LogP contribution in [0.5, 0.6) is 0 Å². The van der Waals surface area contributed by atoms with Crippen molar-refractivity contribution in [2.24, 2.45) is 0 Å². The Morgan fingerprint density at radius 3 is 1.53 bits per heavy atom. The van der Waals surface area contributed by atoms with E-state index in [0.29, 0.717) is 0 Å². The number of benzene rings is 7. The van der Waals surface area contributed by atoms with Crippen molar-refractivity contribution in [3.63, 3.8) is 0 Å². The van der Waals surface area contributed by atoms with Crippen molar-refractivity contribution in [3.8, 4) is 11.1 Å². The lowest BCUT2D eigenvalue weighted by atomic mass is 9.81. The van der Waals surface area contributed by atoms with Crippen LogP contribution in [0.4, 0.5) is 0 Å². The molecule has 0 radical (unpaired) electrons. The van der Waals surface area contributed by atoms with Crippen molar-refractivity contribution in [3.05, 3.63) is 190 Å². The first-order valence-electron chi connectivity index (χ1n) is 16.0. The van der Waals surface area contributed by atoms with Crippen LogP contribution in [0, 0.1) is 0 Å². The minimum Gasteiger partial charge on any atom is -0.0622 e. The first kappa shape index (κ1) is 24.9. The van der Waals surface area contributed by atoms with Crippen LogP contribution < -0.4 is 0 Å². The topological polar surface area (TPSA) is 0 Å². The van der Waals surface area contributed by atoms with Crippen molar-refractivity contribution in [2.45, 2.75) is 19.3 Å². The van der Waals surface area contributed by atoms with Crippen molar-refractivity contribution >= 4 is 43.8 Å². The van der Waals surface area contributed by atoms with Crippen LogP contribution in [0.2, 0.25) is 0 Å². The molecule has 3 aliphatic rings. The minimum absolute atomic E-state index is 0.0634. The fourth-order valence-corrected chi connectivity index (χ4v) is 8.58. The standard InChI is InChI=1S/C45H30/c1-45(2)37-19-11-10-18-33(37)34-23-22-30(26-38(34)45)40-36-25-21-28-13-7-9-17-32(28)42(36)43-39(29-14-4-3-5-15-29)35-24-20-27-12-6-8-16-31(27)41(35)44(40)43/h3-26H,1-2H3. The highest BCUT2D eigenvalue weighted by atomic mass is 14.4. The normalized spacial score (nSPS) is 15.3. The molecule has 0 N–H and O–H groups in total. The Morgan fingerprint density at radius 2 is 0.867 bits per heavy atom. The van der Waals surface area contributed by atoms with Crippen LogP contribution in [0.3, 0.4) is 0 Å². The summed E-state index contributed by atoms with van der Waals surface area (Å²) in [5.74, 6) is 0. The van der Waals surface area contributed by atoms with E-state index in [9.17, 15) is 0 Å². The number of fused-ring (bicyclic) bond motifs is 12. The van der Waals surface area contributed by atoms with Crippen LogP contribution in [-0.4, -0.2) is 0 Å². The molecule has 0 atom stereocenters. The van der Waals surface area contributed by atoms with E-state index in [1.807, 2.05) is 0 Å². The highest BCUT2D eigenvalue weighted by Crippen LogP contribution is 2.61. The van der Waals surface area contributed by atoms with E-state index in [1.54, 1.807) is 0 Å². The summed E-state index contributed by atoms with van der Waals surface area (Å²) in [7, 11) is 0. The molecule has 0 aliphatic heterocycles. The highest BCUT2D eigenvalue weighted by molar-refractivity contribution is 6.39. The van der Waals surface area contributed by atoms with Gasteiger partial charge in [0, 0.05) is 5.41 Å². The summed E-state index contributed by atoms with van der Waals surface area (Å²) >= 11 is 0. The molecule has 0 nitrogen and oxygen atoms in total. The summed E-state index contributed by atoms with van der Waals surface area (Å²) in [4.78, 5) is 0. The molecule has 10 rings (SSSR count). The summed E-state index contributed by atoms with van der Waals surface area (Å²) in [5, 5.41) is 5.19. The molecule has 0 heteroatoms. The molecule has 0 amide bonds. The van der Waals surface area contributed by atoms with Gasteiger partial charge in [-0.05, 0) is 106 Å². The van der Waals surface area contributed by atoms with E-state index >= 15 is 0 Å². The monoisotopic (exact) mass is 570 g/mol. The smallest absolute Gasteiger partial charge is 0.0159 e. The maximum Gasteiger partial charge on any atom is 0.0159 e. The minimum atomic E-state index is -0.0634. The molecule has 0 fully saturated rings. The lowest BCUT2D eigenvalue weighted by molar-refractivity contribution is 0.660. The van der Waals surface area contributed by atoms with Gasteiger partial charge in [0.25, 0.3) is 0 Å². The van der Waals surface area contributed by atoms with E-state index in [4.69, 9.17) is 0 Å². The van der Waals surface area contributed by atoms with Gasteiger partial charge in [-0.2, -0.15) is 0 Å². The van der Waals surface area contributed by atoms with Crippen LogP contribution >= 0.6 is 0 Å². The van der Waals surface area contributed by atoms with Gasteiger partial charge in [-0.1, -0.05) is 153 Å². The van der Waals surface area contributed by atoms with E-state index in [0.717, 1.165) is 0 Å². The Hall–Kier alpha value is -5.46. The van der Waals surface area contributed by atoms with Crippen molar-refractivity contribution in [1.29, 1.82) is 0 Å². The molecule has 0 saturated heterocycles. The fraction of sp³-hybridized carbons (Fsp3) is 0.0667. The summed E-state index contributed by atoms with van der Waals surface area (Å²) in [5.41, 5.74) is 18.9. The van der Waals surface area contributed by atoms with Crippen LogP contribution in [-0.2, 0) is 5.41 Å². The molecule has 7 aromatic rings. The third-order valence-electron chi connectivity index (χ3n) is 10.6. The van der Waals surface area contributed by atoms with E-state index < -0.39 is 0 Å². The summed E-state index contributed by atoms with van der Waals surface area (Å²) < 4.78 is 0. The largest absolute Gasteiger partial charge is 0.0622 e. The van der Waals surface area contributed by atoms with Crippen LogP contribution in [0.25, 0.3) is 55.0 Å². The molecule has 0 spiro atoms. The third kappa shape index (κ3) is 3.21. The Bertz CT molecular complexity index is 2480. The first-order chi connectivity index (χ1) is 22.1. The van der Waals surface area contributed by atoms with Gasteiger partial charge in [0.15, 0.2) is 0 Å². The average molecular weight is 571 g/mol. The molecule has 0 unspecified atom stereocenters. The lowest BCUT2D eigenvalue weighted by Crippen LogP contribution is -2.15. The molecule has 7 aromatic carbocycles. The van der Waals surface area contributed by atoms with Gasteiger partial charge >= 0.3 is 0 Å². The number of rotatable bonds is 2. The number of allylic oxidation sites excluding steroid dienone is 2. The molecule has 0 bridgehead atoms. The Morgan fingerprint density at radius 1 is 0.356 bits per heavy atom. The first-order valence-corrected chi connectivity index (χ1v) is 16.0. The van der Waals surface area contributed by atoms with Gasteiger partial charge in [-0.3, -0.25) is 0 Å². The molecular weight excluding hydrogens is 540 g/mol. The second-order valence-electron chi connectivity index (χ2n) is 13.2. The zero-order chi connectivity index (χ0) is 29.9. The highest BCUT2D eigenvalue weighted by Gasteiger charge is 2.41. The van der Waals surface area contributed by atoms with Gasteiger partial charge < -0.3 is 0 Å². The zero-order valence-electron chi connectivity index (χ0n) is 25.4. The number of hydrogen-bond donors (Lipinski definition) is 0. The van der Waals surface area contributed by atoms with Crippen molar-refractivity contribution in [2.75, 3.05) is 0 Å². The molecule has 0 aromatic heterocycles. The summed E-state index contributed by atoms with van der Waals surface area (Å²) in [6.45, 7) is 4.76. The molecule has 3 aliphatic carbocycles. The van der Waals surface area contributed by atoms with Gasteiger partial charge in [-0.15, -0.1) is 0 Å². The fourth-order valence-electron chi connectivity index (χ4n) is 8.58. The Labute approximate surface area is 263 Å². The summed E-state index contributed by atoms with van der Waals surface area (Å²) in [6.07, 6.45) is 0. The molecule has 45 heavy (non-hydrogen) atoms. The second kappa shape index (κ2) is 8.80. The van der Waals surface area contributed by atoms with Crippen LogP contribution in [0.15, 0.2) is 146 Å². The Kier molecular flexibility index (Phi) is 4.88. The second-order valence-corrected chi connectivity index (χ2v) is 13.2. The van der Waals surface area contributed by atoms with E-state index in [-0.39, 0.29) is 5.41 Å². The van der Waals surface area contributed by atoms with Gasteiger partial charge in [0.2, 0.25) is 0 Å².